The van der Waals surface area contributed by atoms with E-state index in [4.69, 9.17) is 22.4 Å². The second kappa shape index (κ2) is 11.5. The van der Waals surface area contributed by atoms with Gasteiger partial charge in [-0.05, 0) is 19.5 Å². The average molecular weight is 268 g/mol. The molecule has 0 heterocycles. The molecule has 98 valence electrons. The maximum absolute atomic E-state index is 5.00. The van der Waals surface area contributed by atoms with E-state index in [-0.39, 0.29) is 6.29 Å². The van der Waals surface area contributed by atoms with Crippen molar-refractivity contribution in [3.05, 3.63) is 12.3 Å². The zero-order chi connectivity index (χ0) is 13.0. The highest BCUT2D eigenvalue weighted by Gasteiger charge is 2.33. The molecule has 7 heteroatoms. The van der Waals surface area contributed by atoms with Gasteiger partial charge in [0.25, 0.3) is 0 Å². The molecule has 0 bridgehead atoms. The summed E-state index contributed by atoms with van der Waals surface area (Å²) in [6.45, 7) is 8.13. The van der Waals surface area contributed by atoms with Crippen molar-refractivity contribution in [1.29, 1.82) is 0 Å². The summed E-state index contributed by atoms with van der Waals surface area (Å²) in [6, 6.07) is 0. The predicted octanol–water partition coefficient (Wildman–Crippen LogP) is 0.256. The second-order valence-electron chi connectivity index (χ2n) is 2.68. The van der Waals surface area contributed by atoms with Crippen molar-refractivity contribution in [2.24, 2.45) is 0 Å². The van der Waals surface area contributed by atoms with Gasteiger partial charge < -0.3 is 22.4 Å². The van der Waals surface area contributed by atoms with Gasteiger partial charge in [-0.3, -0.25) is 0 Å². The van der Waals surface area contributed by atoms with Crippen LogP contribution in [-0.2, 0) is 22.4 Å². The van der Waals surface area contributed by atoms with Crippen molar-refractivity contribution in [2.75, 3.05) is 27.9 Å². The first-order valence-corrected chi connectivity index (χ1v) is 7.61. The molecule has 0 saturated carbocycles. The molecule has 0 fully saturated rings. The van der Waals surface area contributed by atoms with Gasteiger partial charge in [0.15, 0.2) is 0 Å². The molecule has 0 aromatic rings. The van der Waals surface area contributed by atoms with E-state index in [0.29, 0.717) is 0 Å². The Morgan fingerprint density at radius 3 is 1.75 bits per heavy atom. The molecule has 0 aliphatic rings. The van der Waals surface area contributed by atoms with E-state index in [1.807, 2.05) is 13.8 Å². The Hall–Kier alpha value is -0.0262. The van der Waals surface area contributed by atoms with Crippen molar-refractivity contribution in [3.63, 3.8) is 0 Å². The molecule has 0 amide bonds. The Balaban J connectivity index is 0. The van der Waals surface area contributed by atoms with Crippen LogP contribution in [0.4, 0.5) is 0 Å². The van der Waals surface area contributed by atoms with Gasteiger partial charge in [0.05, 0.1) is 0 Å². The molecule has 0 aromatic carbocycles. The molecule has 16 heavy (non-hydrogen) atoms. The van der Waals surface area contributed by atoms with Gasteiger partial charge in [-0.2, -0.15) is 0 Å². The first-order chi connectivity index (χ1) is 7.55. The standard InChI is InChI=1S/C5H12O3Si.C4H12O2Si/c1-5-9(6-2,7-3)8-4;1-3-5-4(2)6-7/h5H,1H2,2-4H3;4H,3H2,1-2,7H3. The molecular formula is C9H24O5Si2. The van der Waals surface area contributed by atoms with Crippen LogP contribution in [0.5, 0.6) is 0 Å². The van der Waals surface area contributed by atoms with Crippen LogP contribution in [0.2, 0.25) is 0 Å². The molecule has 0 aliphatic carbocycles. The summed E-state index contributed by atoms with van der Waals surface area (Å²) in [5, 5.41) is 0. The zero-order valence-corrected chi connectivity index (χ0v) is 14.1. The van der Waals surface area contributed by atoms with Crippen LogP contribution < -0.4 is 0 Å². The highest BCUT2D eigenvalue weighted by atomic mass is 28.4. The number of hydrogen-bond acceptors (Lipinski definition) is 5. The van der Waals surface area contributed by atoms with Crippen molar-refractivity contribution < 1.29 is 22.4 Å². The third-order valence-electron chi connectivity index (χ3n) is 1.84. The van der Waals surface area contributed by atoms with E-state index in [1.54, 1.807) is 27.0 Å². The van der Waals surface area contributed by atoms with E-state index >= 15 is 0 Å². The van der Waals surface area contributed by atoms with E-state index in [9.17, 15) is 0 Å². The maximum atomic E-state index is 5.00. The minimum Gasteiger partial charge on any atom is -0.404 e. The molecule has 1 unspecified atom stereocenters. The van der Waals surface area contributed by atoms with Crippen LogP contribution in [0.25, 0.3) is 0 Å². The number of hydrogen-bond donors (Lipinski definition) is 0. The predicted molar refractivity (Wildman–Crippen MR) is 69.1 cm³/mol. The Labute approximate surface area is 103 Å². The second-order valence-corrected chi connectivity index (χ2v) is 5.99. The van der Waals surface area contributed by atoms with Crippen LogP contribution in [0.15, 0.2) is 12.3 Å². The quantitative estimate of drug-likeness (QED) is 0.489. The lowest BCUT2D eigenvalue weighted by molar-refractivity contribution is -0.0573. The maximum Gasteiger partial charge on any atom is 0.528 e. The van der Waals surface area contributed by atoms with Crippen LogP contribution >= 0.6 is 0 Å². The van der Waals surface area contributed by atoms with Crippen LogP contribution in [0.1, 0.15) is 13.8 Å². The molecule has 0 radical (unpaired) electrons. The molecule has 0 saturated heterocycles. The largest absolute Gasteiger partial charge is 0.528 e. The molecule has 0 spiro atoms. The summed E-state index contributed by atoms with van der Waals surface area (Å²) in [7, 11) is 2.96. The molecule has 0 aromatic heterocycles. The summed E-state index contributed by atoms with van der Waals surface area (Å²) in [6.07, 6.45) is 0.0108. The topological polar surface area (TPSA) is 46.2 Å². The van der Waals surface area contributed by atoms with Gasteiger partial charge in [-0.25, -0.2) is 0 Å². The fourth-order valence-electron chi connectivity index (χ4n) is 0.803. The van der Waals surface area contributed by atoms with Crippen molar-refractivity contribution >= 4 is 19.3 Å². The molecule has 1 atom stereocenters. The van der Waals surface area contributed by atoms with Gasteiger partial charge in [-0.15, -0.1) is 0 Å². The Bertz CT molecular complexity index is 156. The van der Waals surface area contributed by atoms with Gasteiger partial charge in [0.2, 0.25) is 0 Å². The monoisotopic (exact) mass is 268 g/mol. The molecule has 5 nitrogen and oxygen atoms in total. The normalized spacial score (nSPS) is 12.8. The minimum absolute atomic E-state index is 0.0108. The first kappa shape index (κ1) is 18.3. The lowest BCUT2D eigenvalue weighted by Crippen LogP contribution is -2.40. The van der Waals surface area contributed by atoms with Gasteiger partial charge in [0.1, 0.15) is 16.8 Å². The summed E-state index contributed by atoms with van der Waals surface area (Å²) in [4.78, 5) is 0. The summed E-state index contributed by atoms with van der Waals surface area (Å²) in [5.41, 5.74) is 1.58. The lowest BCUT2D eigenvalue weighted by atomic mass is 10.7. The Kier molecular flexibility index (Phi) is 13.1. The summed E-state index contributed by atoms with van der Waals surface area (Å²) >= 11 is 0. The first-order valence-electron chi connectivity index (χ1n) is 4.99. The summed E-state index contributed by atoms with van der Waals surface area (Å²) < 4.78 is 24.8. The van der Waals surface area contributed by atoms with E-state index in [2.05, 4.69) is 6.58 Å². The number of rotatable bonds is 7. The Morgan fingerprint density at radius 1 is 1.25 bits per heavy atom. The van der Waals surface area contributed by atoms with E-state index < -0.39 is 8.80 Å². The molecular weight excluding hydrogens is 244 g/mol. The van der Waals surface area contributed by atoms with Crippen LogP contribution in [0.3, 0.4) is 0 Å². The van der Waals surface area contributed by atoms with Gasteiger partial charge >= 0.3 is 8.80 Å². The average Bonchev–Trinajstić information content (AvgIpc) is 2.34. The smallest absolute Gasteiger partial charge is 0.404 e. The molecule has 0 rings (SSSR count). The van der Waals surface area contributed by atoms with Crippen LogP contribution in [-0.4, -0.2) is 53.5 Å². The van der Waals surface area contributed by atoms with Crippen LogP contribution in [0, 0.1) is 0 Å². The third kappa shape index (κ3) is 8.16. The Morgan fingerprint density at radius 2 is 1.69 bits per heavy atom. The fourth-order valence-corrected chi connectivity index (χ4v) is 1.94. The number of ether oxygens (including phenoxy) is 1. The summed E-state index contributed by atoms with van der Waals surface area (Å²) in [5.74, 6) is 0. The minimum atomic E-state index is -2.43. The highest BCUT2D eigenvalue weighted by Crippen LogP contribution is 2.04. The van der Waals surface area contributed by atoms with Crippen molar-refractivity contribution in [3.8, 4) is 0 Å². The molecule has 0 N–H and O–H groups in total. The third-order valence-corrected chi connectivity index (χ3v) is 4.71. The fraction of sp³-hybridized carbons (Fsp3) is 0.778. The van der Waals surface area contributed by atoms with Crippen molar-refractivity contribution in [1.82, 2.24) is 0 Å². The van der Waals surface area contributed by atoms with Crippen molar-refractivity contribution in [2.45, 2.75) is 20.1 Å². The van der Waals surface area contributed by atoms with E-state index in [0.717, 1.165) is 17.1 Å². The zero-order valence-electron chi connectivity index (χ0n) is 11.1. The lowest BCUT2D eigenvalue weighted by Gasteiger charge is -2.19. The van der Waals surface area contributed by atoms with Gasteiger partial charge in [0, 0.05) is 27.9 Å². The SMILES string of the molecule is C=C[Si](OC)(OC)OC.CCOC(C)O[SiH3]. The molecule has 0 aliphatic heterocycles. The highest BCUT2D eigenvalue weighted by molar-refractivity contribution is 6.66. The van der Waals surface area contributed by atoms with Gasteiger partial charge in [-0.1, -0.05) is 6.58 Å². The van der Waals surface area contributed by atoms with E-state index in [1.165, 1.54) is 0 Å².